The molecule has 0 atom stereocenters. The van der Waals surface area contributed by atoms with Gasteiger partial charge in [0.05, 0.1) is 18.2 Å². The molecule has 3 aromatic heterocycles. The van der Waals surface area contributed by atoms with E-state index in [1.165, 1.54) is 11.5 Å². The lowest BCUT2D eigenvalue weighted by Gasteiger charge is -2.44. The van der Waals surface area contributed by atoms with Crippen LogP contribution >= 0.6 is 0 Å². The highest BCUT2D eigenvalue weighted by atomic mass is 16.3. The Balaban J connectivity index is 1.34. The van der Waals surface area contributed by atoms with Gasteiger partial charge in [0.25, 0.3) is 5.91 Å². The standard InChI is InChI=1S/C21H22N4O2/c26-20(18-2-1-13-27-18)24-11-7-21(8-12-24)6-3-19-23-14-17(25(19)15-21)16-4-9-22-10-5-16/h1-2,4-5,9-10,13-14H,3,6-8,11-12,15H2. The lowest BCUT2D eigenvalue weighted by Crippen LogP contribution is -2.46. The van der Waals surface area contributed by atoms with Gasteiger partial charge in [0.1, 0.15) is 5.82 Å². The van der Waals surface area contributed by atoms with Crippen LogP contribution < -0.4 is 0 Å². The van der Waals surface area contributed by atoms with Gasteiger partial charge >= 0.3 is 0 Å². The molecule has 3 aromatic rings. The molecule has 6 heteroatoms. The first-order valence-corrected chi connectivity index (χ1v) is 9.52. The van der Waals surface area contributed by atoms with Crippen LogP contribution in [-0.4, -0.2) is 38.4 Å². The van der Waals surface area contributed by atoms with Gasteiger partial charge in [-0.2, -0.15) is 0 Å². The van der Waals surface area contributed by atoms with E-state index >= 15 is 0 Å². The topological polar surface area (TPSA) is 64.2 Å². The highest BCUT2D eigenvalue weighted by molar-refractivity contribution is 5.91. The van der Waals surface area contributed by atoms with Crippen LogP contribution in [0, 0.1) is 5.41 Å². The molecule has 0 aliphatic carbocycles. The summed E-state index contributed by atoms with van der Waals surface area (Å²) in [7, 11) is 0. The number of rotatable bonds is 2. The molecular formula is C21H22N4O2. The van der Waals surface area contributed by atoms with E-state index in [1.807, 2.05) is 35.6 Å². The van der Waals surface area contributed by atoms with Gasteiger partial charge in [-0.05, 0) is 48.9 Å². The highest BCUT2D eigenvalue weighted by Gasteiger charge is 2.40. The second-order valence-electron chi connectivity index (χ2n) is 7.65. The first-order valence-electron chi connectivity index (χ1n) is 9.52. The summed E-state index contributed by atoms with van der Waals surface area (Å²) in [4.78, 5) is 23.2. The fourth-order valence-corrected chi connectivity index (χ4v) is 4.48. The van der Waals surface area contributed by atoms with Crippen molar-refractivity contribution in [1.29, 1.82) is 0 Å². The van der Waals surface area contributed by atoms with Crippen molar-refractivity contribution < 1.29 is 9.21 Å². The van der Waals surface area contributed by atoms with Gasteiger partial charge in [-0.25, -0.2) is 4.98 Å². The van der Waals surface area contributed by atoms with Gasteiger partial charge < -0.3 is 13.9 Å². The second kappa shape index (κ2) is 6.37. The number of hydrogen-bond donors (Lipinski definition) is 0. The SMILES string of the molecule is O=C(c1ccco1)N1CCC2(CCc3ncc(-c4ccncc4)n3C2)CC1. The molecule has 5 heterocycles. The first kappa shape index (κ1) is 16.3. The summed E-state index contributed by atoms with van der Waals surface area (Å²) in [5.41, 5.74) is 2.57. The van der Waals surface area contributed by atoms with Crippen molar-refractivity contribution in [3.05, 3.63) is 60.7 Å². The number of carbonyl (C=O) groups is 1. The quantitative estimate of drug-likeness (QED) is 0.701. The van der Waals surface area contributed by atoms with Crippen LogP contribution in [0.4, 0.5) is 0 Å². The largest absolute Gasteiger partial charge is 0.459 e. The van der Waals surface area contributed by atoms with Crippen molar-refractivity contribution in [3.8, 4) is 11.3 Å². The molecule has 1 fully saturated rings. The van der Waals surface area contributed by atoms with Crippen molar-refractivity contribution in [2.24, 2.45) is 5.41 Å². The lowest BCUT2D eigenvalue weighted by molar-refractivity contribution is 0.0446. The number of fused-ring (bicyclic) bond motifs is 1. The fourth-order valence-electron chi connectivity index (χ4n) is 4.48. The van der Waals surface area contributed by atoms with E-state index in [-0.39, 0.29) is 11.3 Å². The van der Waals surface area contributed by atoms with E-state index in [4.69, 9.17) is 4.42 Å². The number of aromatic nitrogens is 3. The molecule has 0 radical (unpaired) electrons. The van der Waals surface area contributed by atoms with Crippen molar-refractivity contribution >= 4 is 5.91 Å². The van der Waals surface area contributed by atoms with E-state index in [0.717, 1.165) is 50.9 Å². The first-order chi connectivity index (χ1) is 13.2. The summed E-state index contributed by atoms with van der Waals surface area (Å²) in [6, 6.07) is 7.58. The molecule has 0 unspecified atom stereocenters. The minimum atomic E-state index is 0.00598. The number of nitrogens with zero attached hydrogens (tertiary/aromatic N) is 4. The lowest BCUT2D eigenvalue weighted by atomic mass is 9.73. The molecular weight excluding hydrogens is 340 g/mol. The maximum Gasteiger partial charge on any atom is 0.289 e. The maximum absolute atomic E-state index is 12.5. The Kier molecular flexibility index (Phi) is 3.85. The van der Waals surface area contributed by atoms with Crippen molar-refractivity contribution in [2.75, 3.05) is 13.1 Å². The minimum absolute atomic E-state index is 0.00598. The van der Waals surface area contributed by atoms with E-state index in [9.17, 15) is 4.79 Å². The Hall–Kier alpha value is -2.89. The monoisotopic (exact) mass is 362 g/mol. The van der Waals surface area contributed by atoms with Gasteiger partial charge in [0.2, 0.25) is 0 Å². The maximum atomic E-state index is 12.5. The van der Waals surface area contributed by atoms with Crippen molar-refractivity contribution in [2.45, 2.75) is 32.2 Å². The molecule has 2 aliphatic rings. The Morgan fingerprint density at radius 1 is 1.11 bits per heavy atom. The molecule has 0 aromatic carbocycles. The zero-order valence-electron chi connectivity index (χ0n) is 15.2. The fraction of sp³-hybridized carbons (Fsp3) is 0.381. The molecule has 138 valence electrons. The van der Waals surface area contributed by atoms with Crippen LogP contribution in [0.5, 0.6) is 0 Å². The van der Waals surface area contributed by atoms with Gasteiger partial charge in [0, 0.05) is 44.0 Å². The Morgan fingerprint density at radius 2 is 1.93 bits per heavy atom. The zero-order chi connectivity index (χ0) is 18.3. The molecule has 0 bridgehead atoms. The number of amides is 1. The van der Waals surface area contributed by atoms with Crippen molar-refractivity contribution in [1.82, 2.24) is 19.4 Å². The van der Waals surface area contributed by atoms with E-state index < -0.39 is 0 Å². The normalized spacial score (nSPS) is 18.4. The van der Waals surface area contributed by atoms with Crippen LogP contribution in [-0.2, 0) is 13.0 Å². The number of likely N-dealkylation sites (tertiary alicyclic amines) is 1. The summed E-state index contributed by atoms with van der Waals surface area (Å²) < 4.78 is 7.66. The number of pyridine rings is 1. The number of furan rings is 1. The number of imidazole rings is 1. The van der Waals surface area contributed by atoms with E-state index in [1.54, 1.807) is 18.4 Å². The van der Waals surface area contributed by atoms with Crippen LogP contribution in [0.15, 0.2) is 53.5 Å². The average molecular weight is 362 g/mol. The summed E-state index contributed by atoms with van der Waals surface area (Å²) in [5.74, 6) is 1.61. The molecule has 1 saturated heterocycles. The third-order valence-corrected chi connectivity index (χ3v) is 6.13. The number of carbonyl (C=O) groups excluding carboxylic acids is 1. The molecule has 27 heavy (non-hydrogen) atoms. The number of hydrogen-bond acceptors (Lipinski definition) is 4. The molecule has 6 nitrogen and oxygen atoms in total. The molecule has 2 aliphatic heterocycles. The van der Waals surface area contributed by atoms with Gasteiger partial charge in [-0.1, -0.05) is 0 Å². The smallest absolute Gasteiger partial charge is 0.289 e. The Bertz CT molecular complexity index is 938. The van der Waals surface area contributed by atoms with Crippen LogP contribution in [0.25, 0.3) is 11.3 Å². The van der Waals surface area contributed by atoms with Gasteiger partial charge in [0.15, 0.2) is 5.76 Å². The second-order valence-corrected chi connectivity index (χ2v) is 7.65. The Morgan fingerprint density at radius 3 is 2.67 bits per heavy atom. The average Bonchev–Trinajstić information content (AvgIpc) is 3.39. The molecule has 1 spiro atoms. The molecule has 5 rings (SSSR count). The van der Waals surface area contributed by atoms with Crippen molar-refractivity contribution in [3.63, 3.8) is 0 Å². The zero-order valence-corrected chi connectivity index (χ0v) is 15.2. The van der Waals surface area contributed by atoms with Crippen LogP contribution in [0.3, 0.4) is 0 Å². The molecule has 0 N–H and O–H groups in total. The third-order valence-electron chi connectivity index (χ3n) is 6.13. The van der Waals surface area contributed by atoms with Gasteiger partial charge in [-0.3, -0.25) is 9.78 Å². The predicted molar refractivity (Wildman–Crippen MR) is 100 cm³/mol. The summed E-state index contributed by atoms with van der Waals surface area (Å²) in [6.07, 6.45) is 11.4. The van der Waals surface area contributed by atoms with E-state index in [0.29, 0.717) is 5.76 Å². The highest BCUT2D eigenvalue weighted by Crippen LogP contribution is 2.42. The minimum Gasteiger partial charge on any atom is -0.459 e. The molecule has 1 amide bonds. The van der Waals surface area contributed by atoms with Gasteiger partial charge in [-0.15, -0.1) is 0 Å². The number of piperidine rings is 1. The molecule has 0 saturated carbocycles. The number of aryl methyl sites for hydroxylation is 1. The van der Waals surface area contributed by atoms with E-state index in [2.05, 4.69) is 14.5 Å². The Labute approximate surface area is 157 Å². The van der Waals surface area contributed by atoms with Crippen LogP contribution in [0.1, 0.15) is 35.6 Å². The summed E-state index contributed by atoms with van der Waals surface area (Å²) in [5, 5.41) is 0. The van der Waals surface area contributed by atoms with Crippen LogP contribution in [0.2, 0.25) is 0 Å². The third kappa shape index (κ3) is 2.85. The predicted octanol–water partition coefficient (Wildman–Crippen LogP) is 3.41. The summed E-state index contributed by atoms with van der Waals surface area (Å²) >= 11 is 0. The summed E-state index contributed by atoms with van der Waals surface area (Å²) in [6.45, 7) is 2.55.